The van der Waals surface area contributed by atoms with Gasteiger partial charge in [-0.2, -0.15) is 0 Å². The number of rotatable bonds is 7. The topological polar surface area (TPSA) is 51.1 Å². The summed E-state index contributed by atoms with van der Waals surface area (Å²) >= 11 is 6.29. The van der Waals surface area contributed by atoms with Crippen molar-refractivity contribution in [1.29, 1.82) is 0 Å². The van der Waals surface area contributed by atoms with Gasteiger partial charge in [0.05, 0.1) is 5.25 Å². The maximum atomic E-state index is 15.0. The smallest absolute Gasteiger partial charge is 0.214 e. The van der Waals surface area contributed by atoms with E-state index < -0.39 is 15.3 Å². The molecule has 1 heterocycles. The van der Waals surface area contributed by atoms with Crippen molar-refractivity contribution >= 4 is 32.5 Å². The Morgan fingerprint density at radius 3 is 2.41 bits per heavy atom. The van der Waals surface area contributed by atoms with E-state index in [1.54, 1.807) is 32.0 Å². The molecule has 0 spiro atoms. The molecule has 0 saturated carbocycles. The Morgan fingerprint density at radius 2 is 1.79 bits per heavy atom. The van der Waals surface area contributed by atoms with Crippen molar-refractivity contribution in [2.45, 2.75) is 46.0 Å². The van der Waals surface area contributed by atoms with Crippen LogP contribution in [0.2, 0.25) is 5.02 Å². The fraction of sp³-hybridized carbons (Fsp3) is 0.364. The zero-order valence-corrected chi connectivity index (χ0v) is 18.6. The van der Waals surface area contributed by atoms with Crippen molar-refractivity contribution in [3.63, 3.8) is 0 Å². The molecule has 0 radical (unpaired) electrons. The number of hydrogen-bond donors (Lipinski definition) is 1. The molecule has 0 saturated heterocycles. The number of nitrogens with zero attached hydrogens (tertiary/aromatic N) is 1. The number of hydrogen-bond acceptors (Lipinski definition) is 2. The van der Waals surface area contributed by atoms with Crippen LogP contribution in [0.25, 0.3) is 22.0 Å². The summed E-state index contributed by atoms with van der Waals surface area (Å²) in [7, 11) is -3.42. The highest BCUT2D eigenvalue weighted by atomic mass is 35.5. The molecule has 3 rings (SSSR count). The Kier molecular flexibility index (Phi) is 6.36. The van der Waals surface area contributed by atoms with Gasteiger partial charge in [0.25, 0.3) is 0 Å². The second kappa shape index (κ2) is 8.46. The van der Waals surface area contributed by atoms with Crippen LogP contribution in [0.3, 0.4) is 0 Å². The van der Waals surface area contributed by atoms with Gasteiger partial charge in [-0.05, 0) is 43.5 Å². The lowest BCUT2D eigenvalue weighted by molar-refractivity contribution is 0.534. The quantitative estimate of drug-likeness (QED) is 0.525. The normalized spacial score (nSPS) is 12.4. The van der Waals surface area contributed by atoms with Gasteiger partial charge >= 0.3 is 0 Å². The van der Waals surface area contributed by atoms with Gasteiger partial charge in [-0.1, -0.05) is 43.6 Å². The van der Waals surface area contributed by atoms with Crippen LogP contribution in [0.1, 0.15) is 33.3 Å². The third-order valence-corrected chi connectivity index (χ3v) is 6.98. The molecular weight excluding hydrogens is 411 g/mol. The number of sulfonamides is 1. The van der Waals surface area contributed by atoms with Gasteiger partial charge < -0.3 is 4.57 Å². The minimum atomic E-state index is -3.42. The SMILES string of the molecule is CC(C)Cn1cc(CNS(=O)(=O)C(C)C)c2cc(F)c(-c3ccccc3Cl)cc21. The lowest BCUT2D eigenvalue weighted by Gasteiger charge is -2.11. The fourth-order valence-corrected chi connectivity index (χ4v) is 4.23. The van der Waals surface area contributed by atoms with Crippen molar-refractivity contribution in [1.82, 2.24) is 9.29 Å². The van der Waals surface area contributed by atoms with Crippen LogP contribution in [-0.2, 0) is 23.1 Å². The van der Waals surface area contributed by atoms with Gasteiger partial charge in [0.2, 0.25) is 10.0 Å². The standard InChI is InChI=1S/C22H26ClFN2O2S/c1-14(2)12-26-13-16(11-25-29(27,28)15(3)4)18-9-21(24)19(10-22(18)26)17-7-5-6-8-20(17)23/h5-10,13-15,25H,11-12H2,1-4H3. The number of fused-ring (bicyclic) bond motifs is 1. The molecular formula is C22H26ClFN2O2S. The van der Waals surface area contributed by atoms with E-state index in [0.717, 1.165) is 17.6 Å². The first kappa shape index (κ1) is 21.8. The lowest BCUT2D eigenvalue weighted by atomic mass is 10.0. The molecule has 0 aliphatic heterocycles. The monoisotopic (exact) mass is 436 g/mol. The van der Waals surface area contributed by atoms with E-state index in [2.05, 4.69) is 23.1 Å². The average molecular weight is 437 g/mol. The van der Waals surface area contributed by atoms with Gasteiger partial charge in [0, 0.05) is 46.3 Å². The molecule has 1 N–H and O–H groups in total. The summed E-state index contributed by atoms with van der Waals surface area (Å²) in [6.45, 7) is 8.31. The molecule has 2 aromatic carbocycles. The highest BCUT2D eigenvalue weighted by Gasteiger charge is 2.19. The average Bonchev–Trinajstić information content (AvgIpc) is 2.96. The summed E-state index contributed by atoms with van der Waals surface area (Å²) < 4.78 is 44.0. The molecule has 7 heteroatoms. The fourth-order valence-electron chi connectivity index (χ4n) is 3.30. The number of aromatic nitrogens is 1. The highest BCUT2D eigenvalue weighted by Crippen LogP contribution is 2.34. The molecule has 4 nitrogen and oxygen atoms in total. The molecule has 29 heavy (non-hydrogen) atoms. The van der Waals surface area contributed by atoms with E-state index >= 15 is 4.39 Å². The molecule has 0 amide bonds. The highest BCUT2D eigenvalue weighted by molar-refractivity contribution is 7.90. The Morgan fingerprint density at radius 1 is 1.10 bits per heavy atom. The second-order valence-corrected chi connectivity index (χ2v) is 10.7. The van der Waals surface area contributed by atoms with Gasteiger partial charge in [-0.15, -0.1) is 0 Å². The van der Waals surface area contributed by atoms with Crippen molar-refractivity contribution in [3.8, 4) is 11.1 Å². The van der Waals surface area contributed by atoms with E-state index in [0.29, 0.717) is 27.5 Å². The lowest BCUT2D eigenvalue weighted by Crippen LogP contribution is -2.30. The van der Waals surface area contributed by atoms with Crippen LogP contribution in [-0.4, -0.2) is 18.2 Å². The molecule has 0 aliphatic carbocycles. The summed E-state index contributed by atoms with van der Waals surface area (Å²) in [4.78, 5) is 0. The number of benzene rings is 2. The molecule has 156 valence electrons. The molecule has 0 unspecified atom stereocenters. The van der Waals surface area contributed by atoms with Gasteiger partial charge in [-0.25, -0.2) is 17.5 Å². The van der Waals surface area contributed by atoms with E-state index in [-0.39, 0.29) is 12.4 Å². The van der Waals surface area contributed by atoms with E-state index in [1.165, 1.54) is 6.07 Å². The Labute approximate surface area is 176 Å². The van der Waals surface area contributed by atoms with Gasteiger partial charge in [-0.3, -0.25) is 0 Å². The first-order chi connectivity index (χ1) is 13.6. The predicted octanol–water partition coefficient (Wildman–Crippen LogP) is 5.58. The molecule has 0 atom stereocenters. The zero-order valence-electron chi connectivity index (χ0n) is 17.0. The minimum Gasteiger partial charge on any atom is -0.347 e. The maximum Gasteiger partial charge on any atom is 0.214 e. The Hall–Kier alpha value is -1.89. The molecule has 0 aliphatic rings. The van der Waals surface area contributed by atoms with Crippen molar-refractivity contribution in [2.75, 3.05) is 0 Å². The van der Waals surface area contributed by atoms with Crippen molar-refractivity contribution < 1.29 is 12.8 Å². The minimum absolute atomic E-state index is 0.118. The van der Waals surface area contributed by atoms with Gasteiger partial charge in [0.1, 0.15) is 5.82 Å². The van der Waals surface area contributed by atoms with E-state index in [4.69, 9.17) is 11.6 Å². The Balaban J connectivity index is 2.13. The van der Waals surface area contributed by atoms with E-state index in [9.17, 15) is 8.42 Å². The van der Waals surface area contributed by atoms with Crippen molar-refractivity contribution in [2.24, 2.45) is 5.92 Å². The van der Waals surface area contributed by atoms with Crippen LogP contribution in [0.4, 0.5) is 4.39 Å². The Bertz CT molecular complexity index is 1140. The van der Waals surface area contributed by atoms with Crippen LogP contribution in [0, 0.1) is 11.7 Å². The van der Waals surface area contributed by atoms with Crippen molar-refractivity contribution in [3.05, 3.63) is 59.0 Å². The van der Waals surface area contributed by atoms with E-state index in [1.807, 2.05) is 18.3 Å². The summed E-state index contributed by atoms with van der Waals surface area (Å²) in [5.41, 5.74) is 2.66. The van der Waals surface area contributed by atoms with Crippen LogP contribution < -0.4 is 4.72 Å². The summed E-state index contributed by atoms with van der Waals surface area (Å²) in [5.74, 6) is -0.0134. The molecule has 3 aromatic rings. The maximum absolute atomic E-state index is 15.0. The predicted molar refractivity (Wildman–Crippen MR) is 118 cm³/mol. The van der Waals surface area contributed by atoms with Crippen LogP contribution in [0.15, 0.2) is 42.6 Å². The summed E-state index contributed by atoms with van der Waals surface area (Å²) in [5, 5.41) is 0.651. The zero-order chi connectivity index (χ0) is 21.3. The molecule has 0 bridgehead atoms. The number of nitrogens with one attached hydrogen (secondary N) is 1. The second-order valence-electron chi connectivity index (χ2n) is 7.94. The van der Waals surface area contributed by atoms with Crippen LogP contribution >= 0.6 is 11.6 Å². The third kappa shape index (κ3) is 4.65. The van der Waals surface area contributed by atoms with Gasteiger partial charge in [0.15, 0.2) is 0 Å². The molecule has 1 aromatic heterocycles. The molecule has 0 fully saturated rings. The van der Waals surface area contributed by atoms with Crippen LogP contribution in [0.5, 0.6) is 0 Å². The number of halogens is 2. The first-order valence-corrected chi connectivity index (χ1v) is 11.6. The first-order valence-electron chi connectivity index (χ1n) is 9.64. The third-order valence-electron chi connectivity index (χ3n) is 4.86. The largest absolute Gasteiger partial charge is 0.347 e. The summed E-state index contributed by atoms with van der Waals surface area (Å²) in [6, 6.07) is 10.4. The summed E-state index contributed by atoms with van der Waals surface area (Å²) in [6.07, 6.45) is 1.91.